The number of imidazole rings is 1. The number of anilines is 1. The van der Waals surface area contributed by atoms with E-state index in [1.165, 1.54) is 13.8 Å². The lowest BCUT2D eigenvalue weighted by molar-refractivity contribution is -0.137. The van der Waals surface area contributed by atoms with Gasteiger partial charge in [-0.2, -0.15) is 16.1 Å². The maximum Gasteiger partial charge on any atom is 0.481 e. The first kappa shape index (κ1) is 44.3. The molecule has 2 amide bonds. The highest BCUT2D eigenvalue weighted by atomic mass is 32.2. The zero-order valence-electron chi connectivity index (χ0n) is 28.7. The molecule has 2 aromatic rings. The summed E-state index contributed by atoms with van der Waals surface area (Å²) in [7, 11) is -16.3. The van der Waals surface area contributed by atoms with Crippen LogP contribution in [0.2, 0.25) is 0 Å². The molecule has 1 aliphatic heterocycles. The Morgan fingerprint density at radius 3 is 2.33 bits per heavy atom. The van der Waals surface area contributed by atoms with Crippen LogP contribution in [-0.2, 0) is 45.9 Å². The zero-order chi connectivity index (χ0) is 39.3. The number of hydrogen-bond donors (Lipinski definition) is 9. The van der Waals surface area contributed by atoms with E-state index in [0.29, 0.717) is 12.3 Å². The van der Waals surface area contributed by atoms with Crippen molar-refractivity contribution in [1.29, 1.82) is 0 Å². The Labute approximate surface area is 301 Å². The molecule has 3 rings (SSSR count). The third-order valence-electron chi connectivity index (χ3n) is 7.04. The number of nitrogens with zero attached hydrogens (tertiary/aromatic N) is 4. The van der Waals surface area contributed by atoms with Gasteiger partial charge in [0.15, 0.2) is 17.7 Å². The molecule has 0 bridgehead atoms. The van der Waals surface area contributed by atoms with Crippen LogP contribution in [0, 0.1) is 5.41 Å². The Morgan fingerprint density at radius 2 is 1.69 bits per heavy atom. The summed E-state index contributed by atoms with van der Waals surface area (Å²) in [5.41, 5.74) is 4.31. The molecule has 0 aromatic carbocycles. The lowest BCUT2D eigenvalue weighted by atomic mass is 9.87. The number of fused-ring (bicyclic) bond motifs is 1. The Morgan fingerprint density at radius 1 is 1.04 bits per heavy atom. The Balaban J connectivity index is 1.54. The molecular weight excluding hydrogens is 779 g/mol. The van der Waals surface area contributed by atoms with Gasteiger partial charge < -0.3 is 50.9 Å². The molecule has 23 nitrogen and oxygen atoms in total. The molecule has 1 aliphatic rings. The number of thioether (sulfide) groups is 1. The minimum absolute atomic E-state index is 0.0348. The molecule has 0 saturated carbocycles. The van der Waals surface area contributed by atoms with Crippen LogP contribution in [-0.4, -0.2) is 122 Å². The van der Waals surface area contributed by atoms with Crippen molar-refractivity contribution < 1.29 is 75.7 Å². The molecule has 0 radical (unpaired) electrons. The van der Waals surface area contributed by atoms with Gasteiger partial charge in [0, 0.05) is 35.4 Å². The highest BCUT2D eigenvalue weighted by Gasteiger charge is 2.50. The number of carbonyl (C=O) groups is 2. The fourth-order valence-electron chi connectivity index (χ4n) is 4.49. The Bertz CT molecular complexity index is 1710. The average Bonchev–Trinajstić information content (AvgIpc) is 3.56. The smallest absolute Gasteiger partial charge is 0.386 e. The van der Waals surface area contributed by atoms with E-state index in [1.807, 2.05) is 20.8 Å². The molecule has 7 atom stereocenters. The molecule has 7 unspecified atom stereocenters. The zero-order valence-corrected chi connectivity index (χ0v) is 32.2. The Kier molecular flexibility index (Phi) is 15.0. The van der Waals surface area contributed by atoms with Gasteiger partial charge in [-0.15, -0.1) is 0 Å². The number of rotatable bonds is 19. The first-order valence-electron chi connectivity index (χ1n) is 15.3. The largest absolute Gasteiger partial charge is 0.481 e. The number of nitrogen functional groups attached to an aromatic ring is 1. The highest BCUT2D eigenvalue weighted by Crippen LogP contribution is 2.61. The predicted molar refractivity (Wildman–Crippen MR) is 182 cm³/mol. The lowest BCUT2D eigenvalue weighted by Gasteiger charge is -2.30. The van der Waals surface area contributed by atoms with Gasteiger partial charge in [0.05, 0.1) is 19.5 Å². The molecule has 27 heteroatoms. The second-order valence-corrected chi connectivity index (χ2v) is 19.2. The molecule has 2 aromatic heterocycles. The van der Waals surface area contributed by atoms with Crippen LogP contribution in [0.1, 0.15) is 47.3 Å². The number of nitrogens with two attached hydrogens (primary N) is 1. The van der Waals surface area contributed by atoms with Gasteiger partial charge in [-0.25, -0.2) is 28.6 Å². The summed E-state index contributed by atoms with van der Waals surface area (Å²) in [6.07, 6.45) is -6.71. The predicted octanol–water partition coefficient (Wildman–Crippen LogP) is -0.0634. The number of phosphoric acid groups is 3. The minimum atomic E-state index is -5.54. The normalized spacial score (nSPS) is 22.8. The number of phosphoric ester groups is 3. The fraction of sp³-hybridized carbons (Fsp3) is 0.720. The first-order valence-corrected chi connectivity index (χ1v) is 20.8. The van der Waals surface area contributed by atoms with E-state index >= 15 is 0 Å². The molecule has 296 valence electrons. The second kappa shape index (κ2) is 17.6. The summed E-state index contributed by atoms with van der Waals surface area (Å²) in [4.78, 5) is 75.4. The van der Waals surface area contributed by atoms with Gasteiger partial charge in [-0.3, -0.25) is 27.7 Å². The molecule has 3 heterocycles. The lowest BCUT2D eigenvalue weighted by Crippen LogP contribution is -2.46. The van der Waals surface area contributed by atoms with Crippen molar-refractivity contribution in [3.63, 3.8) is 0 Å². The number of carbonyl (C=O) groups excluding carboxylic acids is 2. The summed E-state index contributed by atoms with van der Waals surface area (Å²) in [5, 5.41) is 26.5. The van der Waals surface area contributed by atoms with Crippen LogP contribution < -0.4 is 16.4 Å². The highest BCUT2D eigenvalue weighted by molar-refractivity contribution is 8.00. The van der Waals surface area contributed by atoms with E-state index in [2.05, 4.69) is 34.4 Å². The first-order chi connectivity index (χ1) is 23.8. The third kappa shape index (κ3) is 13.3. The van der Waals surface area contributed by atoms with E-state index in [0.717, 1.165) is 17.2 Å². The summed E-state index contributed by atoms with van der Waals surface area (Å²) in [5.74, 6) is -0.601. The van der Waals surface area contributed by atoms with Crippen molar-refractivity contribution in [2.24, 2.45) is 5.41 Å². The summed E-state index contributed by atoms with van der Waals surface area (Å²) < 4.78 is 62.1. The maximum atomic E-state index is 12.6. The van der Waals surface area contributed by atoms with E-state index in [-0.39, 0.29) is 40.6 Å². The maximum absolute atomic E-state index is 12.6. The van der Waals surface area contributed by atoms with Crippen molar-refractivity contribution in [2.45, 2.75) is 76.4 Å². The topological polar surface area (TPSA) is 347 Å². The van der Waals surface area contributed by atoms with Gasteiger partial charge in [-0.1, -0.05) is 34.6 Å². The van der Waals surface area contributed by atoms with Crippen molar-refractivity contribution >= 4 is 64.0 Å². The monoisotopic (exact) mass is 823 g/mol. The van der Waals surface area contributed by atoms with Gasteiger partial charge in [0.1, 0.15) is 36.3 Å². The number of nitrogens with one attached hydrogen (secondary N) is 2. The van der Waals surface area contributed by atoms with Crippen LogP contribution in [0.4, 0.5) is 5.82 Å². The van der Waals surface area contributed by atoms with Gasteiger partial charge in [0.25, 0.3) is 0 Å². The standard InChI is InChI=1S/C25H44N7O16P3S/c1-24(2,3)52-9-8-27-15(33)6-7-28-22(36)19(35)25(4,5)11-45-51(42,43)48-50(40,41)44-10-14-18(47-49(37,38)39)17(34)23(46-14)32-13-31-16-20(26)29-12-30-21(16)32/h12-14,17-19,23,34-35H,6-11H2,1-5H3,(H,27,33)(H,28,36)(H,40,41)(H,42,43)(H2,26,29,30)(H2,37,38,39). The molecule has 52 heavy (non-hydrogen) atoms. The second-order valence-electron chi connectivity index (χ2n) is 13.0. The average molecular weight is 824 g/mol. The quantitative estimate of drug-likeness (QED) is 0.0661. The number of aliphatic hydroxyl groups is 2. The number of ether oxygens (including phenoxy) is 1. The molecule has 0 spiro atoms. The third-order valence-corrected chi connectivity index (χ3v) is 11.4. The molecular formula is C25H44N7O16P3S. The van der Waals surface area contributed by atoms with E-state index < -0.39 is 78.6 Å². The molecule has 10 N–H and O–H groups in total. The summed E-state index contributed by atoms with van der Waals surface area (Å²) in [6.45, 7) is 7.01. The molecule has 1 saturated heterocycles. The fourth-order valence-corrected chi connectivity index (χ4v) is 8.13. The number of hydrogen-bond acceptors (Lipinski definition) is 17. The van der Waals surface area contributed by atoms with Crippen LogP contribution in [0.5, 0.6) is 0 Å². The van der Waals surface area contributed by atoms with E-state index in [1.54, 1.807) is 11.8 Å². The SMILES string of the molecule is CC(C)(C)SCCNC(=O)CCNC(=O)C(O)C(C)(C)COP(=O)(O)OP(=O)(O)OCC1OC(n2cnc3c(N)ncnc32)C(O)C1OP(=O)(O)O. The summed E-state index contributed by atoms with van der Waals surface area (Å²) >= 11 is 1.67. The summed E-state index contributed by atoms with van der Waals surface area (Å²) in [6, 6.07) is 0. The van der Waals surface area contributed by atoms with Crippen molar-refractivity contribution in [1.82, 2.24) is 30.2 Å². The Hall–Kier alpha value is -2.11. The van der Waals surface area contributed by atoms with Gasteiger partial charge in [-0.05, 0) is 0 Å². The molecule has 0 aliphatic carbocycles. The van der Waals surface area contributed by atoms with E-state index in [4.69, 9.17) is 19.5 Å². The van der Waals surface area contributed by atoms with Crippen molar-refractivity contribution in [3.05, 3.63) is 12.7 Å². The van der Waals surface area contributed by atoms with Crippen LogP contribution >= 0.6 is 35.2 Å². The van der Waals surface area contributed by atoms with Crippen molar-refractivity contribution in [2.75, 3.05) is 37.8 Å². The van der Waals surface area contributed by atoms with E-state index in [9.17, 15) is 53.1 Å². The number of aromatic nitrogens is 4. The minimum Gasteiger partial charge on any atom is -0.386 e. The van der Waals surface area contributed by atoms with Crippen molar-refractivity contribution in [3.8, 4) is 0 Å². The molecule has 1 fully saturated rings. The number of amides is 2. The van der Waals surface area contributed by atoms with Gasteiger partial charge >= 0.3 is 23.5 Å². The van der Waals surface area contributed by atoms with Crippen LogP contribution in [0.15, 0.2) is 12.7 Å². The van der Waals surface area contributed by atoms with Crippen LogP contribution in [0.25, 0.3) is 11.2 Å². The number of aliphatic hydroxyl groups excluding tert-OH is 2. The van der Waals surface area contributed by atoms with Gasteiger partial charge in [0.2, 0.25) is 11.8 Å². The van der Waals surface area contributed by atoms with Crippen LogP contribution in [0.3, 0.4) is 0 Å².